The molecule has 2 heteroatoms. The molecule has 0 aliphatic heterocycles. The SMILES string of the molecule is O=C1C=CC2=C1CCC2=O. The predicted octanol–water partition coefficient (Wildman–Crippen LogP) is 0.785. The highest BCUT2D eigenvalue weighted by molar-refractivity contribution is 6.19. The molecule has 0 aromatic rings. The maximum atomic E-state index is 10.9. The Morgan fingerprint density at radius 3 is 2.60 bits per heavy atom. The van der Waals surface area contributed by atoms with Crippen LogP contribution in [0.15, 0.2) is 23.3 Å². The third-order valence-electron chi connectivity index (χ3n) is 1.93. The zero-order chi connectivity index (χ0) is 7.14. The third-order valence-corrected chi connectivity index (χ3v) is 1.93. The first-order chi connectivity index (χ1) is 4.79. The highest BCUT2D eigenvalue weighted by Gasteiger charge is 2.27. The number of allylic oxidation sites excluding steroid dienone is 4. The second kappa shape index (κ2) is 1.66. The zero-order valence-electron chi connectivity index (χ0n) is 5.39. The number of hydrogen-bond donors (Lipinski definition) is 0. The zero-order valence-corrected chi connectivity index (χ0v) is 5.39. The van der Waals surface area contributed by atoms with E-state index in [-0.39, 0.29) is 11.6 Å². The van der Waals surface area contributed by atoms with E-state index in [4.69, 9.17) is 0 Å². The molecular weight excluding hydrogens is 128 g/mol. The van der Waals surface area contributed by atoms with E-state index in [0.717, 1.165) is 5.57 Å². The van der Waals surface area contributed by atoms with Gasteiger partial charge in [-0.05, 0) is 18.6 Å². The molecule has 2 nitrogen and oxygen atoms in total. The minimum absolute atomic E-state index is 0.0286. The molecule has 0 spiro atoms. The van der Waals surface area contributed by atoms with Crippen molar-refractivity contribution in [2.75, 3.05) is 0 Å². The summed E-state index contributed by atoms with van der Waals surface area (Å²) in [5.74, 6) is 0.151. The largest absolute Gasteiger partial charge is 0.294 e. The van der Waals surface area contributed by atoms with Gasteiger partial charge in [-0.25, -0.2) is 0 Å². The van der Waals surface area contributed by atoms with Crippen molar-refractivity contribution in [1.82, 2.24) is 0 Å². The third kappa shape index (κ3) is 0.533. The van der Waals surface area contributed by atoms with E-state index < -0.39 is 0 Å². The van der Waals surface area contributed by atoms with Crippen LogP contribution < -0.4 is 0 Å². The van der Waals surface area contributed by atoms with Gasteiger partial charge in [0.05, 0.1) is 0 Å². The van der Waals surface area contributed by atoms with Crippen molar-refractivity contribution in [3.8, 4) is 0 Å². The van der Waals surface area contributed by atoms with Crippen LogP contribution in [0, 0.1) is 0 Å². The van der Waals surface area contributed by atoms with Crippen molar-refractivity contribution in [3.05, 3.63) is 23.3 Å². The molecule has 0 heterocycles. The fourth-order valence-electron chi connectivity index (χ4n) is 1.39. The number of ketones is 2. The maximum absolute atomic E-state index is 10.9. The second-order valence-electron chi connectivity index (χ2n) is 2.51. The van der Waals surface area contributed by atoms with Gasteiger partial charge in [0.1, 0.15) is 0 Å². The Hall–Kier alpha value is -1.18. The number of carbonyl (C=O) groups is 2. The van der Waals surface area contributed by atoms with Crippen molar-refractivity contribution in [2.24, 2.45) is 0 Å². The lowest BCUT2D eigenvalue weighted by Crippen LogP contribution is -1.90. The molecule has 2 aliphatic rings. The van der Waals surface area contributed by atoms with Gasteiger partial charge < -0.3 is 0 Å². The average Bonchev–Trinajstić information content (AvgIpc) is 2.41. The van der Waals surface area contributed by atoms with Crippen LogP contribution in [0.1, 0.15) is 12.8 Å². The monoisotopic (exact) mass is 134 g/mol. The highest BCUT2D eigenvalue weighted by Crippen LogP contribution is 2.28. The first-order valence-electron chi connectivity index (χ1n) is 3.28. The minimum atomic E-state index is 0.0286. The molecule has 0 atom stereocenters. The molecule has 0 aromatic carbocycles. The van der Waals surface area contributed by atoms with Crippen molar-refractivity contribution < 1.29 is 9.59 Å². The number of rotatable bonds is 0. The van der Waals surface area contributed by atoms with E-state index in [1.165, 1.54) is 6.08 Å². The quantitative estimate of drug-likeness (QED) is 0.490. The van der Waals surface area contributed by atoms with E-state index in [9.17, 15) is 9.59 Å². The number of carbonyl (C=O) groups excluding carboxylic acids is 2. The molecule has 0 aromatic heterocycles. The lowest BCUT2D eigenvalue weighted by Gasteiger charge is -1.86. The Kier molecular flexibility index (Phi) is 0.926. The van der Waals surface area contributed by atoms with E-state index in [2.05, 4.69) is 0 Å². The molecule has 0 bridgehead atoms. The van der Waals surface area contributed by atoms with Gasteiger partial charge in [-0.3, -0.25) is 9.59 Å². The molecule has 0 unspecified atom stereocenters. The Bertz CT molecular complexity index is 282. The molecule has 0 amide bonds. The molecule has 10 heavy (non-hydrogen) atoms. The van der Waals surface area contributed by atoms with Gasteiger partial charge in [-0.15, -0.1) is 0 Å². The first kappa shape index (κ1) is 5.59. The second-order valence-corrected chi connectivity index (χ2v) is 2.51. The van der Waals surface area contributed by atoms with Crippen LogP contribution in [0.4, 0.5) is 0 Å². The van der Waals surface area contributed by atoms with Crippen LogP contribution in [-0.4, -0.2) is 11.6 Å². The summed E-state index contributed by atoms with van der Waals surface area (Å²) in [6.07, 6.45) is 4.29. The van der Waals surface area contributed by atoms with Gasteiger partial charge in [0.25, 0.3) is 0 Å². The summed E-state index contributed by atoms with van der Waals surface area (Å²) in [6.45, 7) is 0. The fraction of sp³-hybridized carbons (Fsp3) is 0.250. The molecule has 0 fully saturated rings. The molecule has 50 valence electrons. The van der Waals surface area contributed by atoms with Crippen molar-refractivity contribution in [2.45, 2.75) is 12.8 Å². The van der Waals surface area contributed by atoms with Gasteiger partial charge in [0.2, 0.25) is 0 Å². The summed E-state index contributed by atoms with van der Waals surface area (Å²) >= 11 is 0. The van der Waals surface area contributed by atoms with Crippen molar-refractivity contribution in [3.63, 3.8) is 0 Å². The standard InChI is InChI=1S/C8H6O2/c9-7-3-1-5-6(7)2-4-8(5)10/h1,3H,2,4H2. The number of hydrogen-bond acceptors (Lipinski definition) is 2. The normalized spacial score (nSPS) is 22.8. The average molecular weight is 134 g/mol. The smallest absolute Gasteiger partial charge is 0.182 e. The fourth-order valence-corrected chi connectivity index (χ4v) is 1.39. The molecule has 0 saturated carbocycles. The summed E-state index contributed by atoms with van der Waals surface area (Å²) in [7, 11) is 0. The molecule has 0 radical (unpaired) electrons. The van der Waals surface area contributed by atoms with Gasteiger partial charge in [0, 0.05) is 17.6 Å². The maximum Gasteiger partial charge on any atom is 0.182 e. The van der Waals surface area contributed by atoms with Crippen LogP contribution in [0.25, 0.3) is 0 Å². The Morgan fingerprint density at radius 1 is 1.10 bits per heavy atom. The van der Waals surface area contributed by atoms with Crippen LogP contribution in [0.5, 0.6) is 0 Å². The summed E-state index contributed by atoms with van der Waals surface area (Å²) in [5, 5.41) is 0. The van der Waals surface area contributed by atoms with Crippen molar-refractivity contribution in [1.29, 1.82) is 0 Å². The molecule has 2 rings (SSSR count). The molecule has 0 saturated heterocycles. The van der Waals surface area contributed by atoms with Gasteiger partial charge in [-0.2, -0.15) is 0 Å². The lowest BCUT2D eigenvalue weighted by molar-refractivity contribution is -0.114. The molecular formula is C8H6O2. The topological polar surface area (TPSA) is 34.1 Å². The van der Waals surface area contributed by atoms with Crippen LogP contribution in [0.2, 0.25) is 0 Å². The summed E-state index contributed by atoms with van der Waals surface area (Å²) in [5.41, 5.74) is 1.38. The number of Topliss-reactive ketones (excluding diaryl/α,β-unsaturated/α-hetero) is 1. The van der Waals surface area contributed by atoms with E-state index in [0.29, 0.717) is 18.4 Å². The van der Waals surface area contributed by atoms with Crippen LogP contribution in [-0.2, 0) is 9.59 Å². The van der Waals surface area contributed by atoms with E-state index in [1.807, 2.05) is 0 Å². The molecule has 0 N–H and O–H groups in total. The summed E-state index contributed by atoms with van der Waals surface area (Å²) in [4.78, 5) is 21.8. The minimum Gasteiger partial charge on any atom is -0.294 e. The van der Waals surface area contributed by atoms with Gasteiger partial charge in [-0.1, -0.05) is 0 Å². The Morgan fingerprint density at radius 2 is 1.90 bits per heavy atom. The Labute approximate surface area is 58.2 Å². The van der Waals surface area contributed by atoms with Gasteiger partial charge >= 0.3 is 0 Å². The molecule has 2 aliphatic carbocycles. The summed E-state index contributed by atoms with van der Waals surface area (Å²) < 4.78 is 0. The lowest BCUT2D eigenvalue weighted by atomic mass is 10.2. The van der Waals surface area contributed by atoms with Crippen LogP contribution in [0.3, 0.4) is 0 Å². The van der Waals surface area contributed by atoms with Crippen molar-refractivity contribution >= 4 is 11.6 Å². The first-order valence-corrected chi connectivity index (χ1v) is 3.28. The highest BCUT2D eigenvalue weighted by atomic mass is 16.1. The Balaban J connectivity index is 2.52. The van der Waals surface area contributed by atoms with E-state index in [1.54, 1.807) is 6.08 Å². The predicted molar refractivity (Wildman–Crippen MR) is 35.4 cm³/mol. The van der Waals surface area contributed by atoms with E-state index >= 15 is 0 Å². The van der Waals surface area contributed by atoms with Gasteiger partial charge in [0.15, 0.2) is 11.6 Å². The van der Waals surface area contributed by atoms with Crippen LogP contribution >= 0.6 is 0 Å². The summed E-state index contributed by atoms with van der Waals surface area (Å²) in [6, 6.07) is 0.